The fourth-order valence-corrected chi connectivity index (χ4v) is 1.90. The molecule has 0 radical (unpaired) electrons. The fraction of sp³-hybridized carbons (Fsp3) is 0.200. The number of aliphatic carboxylic acids is 1. The van der Waals surface area contributed by atoms with Crippen LogP contribution in [0.4, 0.5) is 5.69 Å². The van der Waals surface area contributed by atoms with Crippen molar-refractivity contribution in [2.24, 2.45) is 0 Å². The number of nitro groups is 1. The van der Waals surface area contributed by atoms with Gasteiger partial charge in [0.05, 0.1) is 11.3 Å². The quantitative estimate of drug-likeness (QED) is 0.376. The molecule has 10 nitrogen and oxygen atoms in total. The van der Waals surface area contributed by atoms with Crippen molar-refractivity contribution in [3.05, 3.63) is 33.9 Å². The van der Waals surface area contributed by atoms with E-state index in [9.17, 15) is 28.1 Å². The summed E-state index contributed by atoms with van der Waals surface area (Å²) in [5, 5.41) is 21.2. The minimum atomic E-state index is -4.73. The van der Waals surface area contributed by atoms with Crippen LogP contribution in [0.5, 0.6) is 0 Å². The molecule has 3 N–H and O–H groups in total. The molecule has 0 saturated carbocycles. The van der Waals surface area contributed by atoms with Gasteiger partial charge in [-0.15, -0.1) is 0 Å². The number of benzene rings is 1. The van der Waals surface area contributed by atoms with E-state index < -0.39 is 37.5 Å². The second-order valence-corrected chi connectivity index (χ2v) is 5.27. The number of nitrogens with zero attached hydrogens (tertiary/aromatic N) is 1. The van der Waals surface area contributed by atoms with Crippen LogP contribution in [0.3, 0.4) is 0 Å². The number of carbonyl (C=O) groups is 2. The second kappa shape index (κ2) is 6.28. The number of non-ortho nitro benzene ring substituents is 1. The van der Waals surface area contributed by atoms with Crippen LogP contribution >= 0.6 is 0 Å². The molecule has 0 spiro atoms. The number of nitrogens with one attached hydrogen (secondary N) is 1. The number of hydrogen-bond donors (Lipinski definition) is 3. The molecule has 1 aromatic rings. The van der Waals surface area contributed by atoms with Crippen molar-refractivity contribution in [1.82, 2.24) is 5.32 Å². The molecule has 11 heteroatoms. The van der Waals surface area contributed by atoms with Crippen LogP contribution < -0.4 is 5.32 Å². The summed E-state index contributed by atoms with van der Waals surface area (Å²) in [7, 11) is -4.73. The summed E-state index contributed by atoms with van der Waals surface area (Å²) >= 11 is 0. The van der Waals surface area contributed by atoms with Crippen LogP contribution in [0.2, 0.25) is 0 Å². The molecule has 21 heavy (non-hydrogen) atoms. The van der Waals surface area contributed by atoms with Crippen molar-refractivity contribution in [2.75, 3.05) is 6.54 Å². The topological polar surface area (TPSA) is 164 Å². The number of carboxylic acids is 1. The van der Waals surface area contributed by atoms with Crippen molar-refractivity contribution < 1.29 is 32.6 Å². The number of amides is 1. The van der Waals surface area contributed by atoms with Crippen LogP contribution in [0.15, 0.2) is 23.1 Å². The highest BCUT2D eigenvalue weighted by Crippen LogP contribution is 2.20. The van der Waals surface area contributed by atoms with Gasteiger partial charge in [0.2, 0.25) is 0 Å². The molecule has 0 heterocycles. The van der Waals surface area contributed by atoms with Gasteiger partial charge in [-0.2, -0.15) is 8.42 Å². The maximum atomic E-state index is 11.7. The highest BCUT2D eigenvalue weighted by atomic mass is 32.2. The number of nitro benzene ring substituents is 1. The fourth-order valence-electron chi connectivity index (χ4n) is 1.35. The Morgan fingerprint density at radius 3 is 2.38 bits per heavy atom. The number of carbonyl (C=O) groups excluding carboxylic acids is 1. The molecule has 1 aromatic carbocycles. The average Bonchev–Trinajstić information content (AvgIpc) is 2.36. The van der Waals surface area contributed by atoms with Gasteiger partial charge >= 0.3 is 5.97 Å². The van der Waals surface area contributed by atoms with Gasteiger partial charge in [-0.1, -0.05) is 0 Å². The lowest BCUT2D eigenvalue weighted by Gasteiger charge is -2.05. The molecule has 0 fully saturated rings. The third-order valence-electron chi connectivity index (χ3n) is 2.29. The normalized spacial score (nSPS) is 10.9. The Labute approximate surface area is 118 Å². The first-order valence-electron chi connectivity index (χ1n) is 5.38. The molecule has 0 aromatic heterocycles. The van der Waals surface area contributed by atoms with Crippen molar-refractivity contribution in [3.63, 3.8) is 0 Å². The molecule has 0 bridgehead atoms. The Bertz CT molecular complexity index is 697. The van der Waals surface area contributed by atoms with E-state index >= 15 is 0 Å². The minimum Gasteiger partial charge on any atom is -0.481 e. The zero-order valence-electron chi connectivity index (χ0n) is 10.3. The molecule has 0 aliphatic rings. The summed E-state index contributed by atoms with van der Waals surface area (Å²) in [4.78, 5) is 30.9. The SMILES string of the molecule is O=C(O)CCNC(=O)c1cc([N+](=O)[O-])cc(S(=O)(=O)O)c1. The summed E-state index contributed by atoms with van der Waals surface area (Å²) < 4.78 is 30.9. The molecule has 0 saturated heterocycles. The van der Waals surface area contributed by atoms with Gasteiger partial charge in [-0.3, -0.25) is 24.3 Å². The lowest BCUT2D eigenvalue weighted by Crippen LogP contribution is -2.26. The van der Waals surface area contributed by atoms with Crippen LogP contribution in [0.25, 0.3) is 0 Å². The first-order valence-corrected chi connectivity index (χ1v) is 6.82. The standard InChI is InChI=1S/C10H10N2O8S/c13-9(14)1-2-11-10(15)6-3-7(12(16)17)5-8(4-6)21(18,19)20/h3-5H,1-2H2,(H,11,15)(H,13,14)(H,18,19,20). The molecule has 0 atom stereocenters. The smallest absolute Gasteiger partial charge is 0.305 e. The maximum absolute atomic E-state index is 11.7. The Morgan fingerprint density at radius 1 is 1.29 bits per heavy atom. The molecule has 0 aliphatic carbocycles. The van der Waals surface area contributed by atoms with E-state index in [-0.39, 0.29) is 18.5 Å². The van der Waals surface area contributed by atoms with Crippen LogP contribution in [-0.4, -0.2) is 41.4 Å². The number of rotatable bonds is 6. The highest BCUT2D eigenvalue weighted by molar-refractivity contribution is 7.85. The Kier molecular flexibility index (Phi) is 4.94. The van der Waals surface area contributed by atoms with Crippen molar-refractivity contribution in [2.45, 2.75) is 11.3 Å². The van der Waals surface area contributed by atoms with Gasteiger partial charge in [0.15, 0.2) is 0 Å². The predicted octanol–water partition coefficient (Wildman–Crippen LogP) is 0.0460. The molecular formula is C10H10N2O8S. The summed E-state index contributed by atoms with van der Waals surface area (Å²) in [5.74, 6) is -2.06. The lowest BCUT2D eigenvalue weighted by molar-refractivity contribution is -0.385. The van der Waals surface area contributed by atoms with Gasteiger partial charge in [0, 0.05) is 24.2 Å². The van der Waals surface area contributed by atoms with E-state index in [1.807, 2.05) is 0 Å². The van der Waals surface area contributed by atoms with Crippen molar-refractivity contribution in [3.8, 4) is 0 Å². The molecule has 1 rings (SSSR count). The highest BCUT2D eigenvalue weighted by Gasteiger charge is 2.20. The average molecular weight is 318 g/mol. The van der Waals surface area contributed by atoms with E-state index in [0.717, 1.165) is 12.1 Å². The minimum absolute atomic E-state index is 0.238. The second-order valence-electron chi connectivity index (χ2n) is 3.85. The lowest BCUT2D eigenvalue weighted by atomic mass is 10.2. The van der Waals surface area contributed by atoms with E-state index in [2.05, 4.69) is 5.32 Å². The monoisotopic (exact) mass is 318 g/mol. The van der Waals surface area contributed by atoms with E-state index in [0.29, 0.717) is 6.07 Å². The van der Waals surface area contributed by atoms with Crippen LogP contribution in [-0.2, 0) is 14.9 Å². The predicted molar refractivity (Wildman–Crippen MR) is 67.5 cm³/mol. The van der Waals surface area contributed by atoms with Gasteiger partial charge < -0.3 is 10.4 Å². The molecular weight excluding hydrogens is 308 g/mol. The zero-order chi connectivity index (χ0) is 16.2. The Hall–Kier alpha value is -2.53. The van der Waals surface area contributed by atoms with E-state index in [1.165, 1.54) is 0 Å². The molecule has 114 valence electrons. The van der Waals surface area contributed by atoms with Gasteiger partial charge in [-0.25, -0.2) is 0 Å². The maximum Gasteiger partial charge on any atom is 0.305 e. The summed E-state index contributed by atoms with van der Waals surface area (Å²) in [5.41, 5.74) is -1.09. The Balaban J connectivity index is 3.11. The van der Waals surface area contributed by atoms with E-state index in [4.69, 9.17) is 9.66 Å². The summed E-state index contributed by atoms with van der Waals surface area (Å²) in [6.45, 7) is -0.238. The summed E-state index contributed by atoms with van der Waals surface area (Å²) in [6.07, 6.45) is -0.369. The number of hydrogen-bond acceptors (Lipinski definition) is 6. The number of carboxylic acid groups (broad SMARTS) is 1. The van der Waals surface area contributed by atoms with Crippen LogP contribution in [0, 0.1) is 10.1 Å². The van der Waals surface area contributed by atoms with Gasteiger partial charge in [-0.05, 0) is 6.07 Å². The third kappa shape index (κ3) is 4.81. The van der Waals surface area contributed by atoms with Gasteiger partial charge in [0.25, 0.3) is 21.7 Å². The molecule has 0 unspecified atom stereocenters. The third-order valence-corrected chi connectivity index (χ3v) is 3.12. The first kappa shape index (κ1) is 16.5. The summed E-state index contributed by atoms with van der Waals surface area (Å²) in [6, 6.07) is 2.16. The molecule has 0 aliphatic heterocycles. The zero-order valence-corrected chi connectivity index (χ0v) is 11.2. The first-order chi connectivity index (χ1) is 9.61. The van der Waals surface area contributed by atoms with Crippen molar-refractivity contribution >= 4 is 27.7 Å². The Morgan fingerprint density at radius 2 is 1.90 bits per heavy atom. The van der Waals surface area contributed by atoms with Gasteiger partial charge in [0.1, 0.15) is 4.90 Å². The van der Waals surface area contributed by atoms with Crippen LogP contribution in [0.1, 0.15) is 16.8 Å². The molecule has 1 amide bonds. The largest absolute Gasteiger partial charge is 0.481 e. The van der Waals surface area contributed by atoms with Crippen molar-refractivity contribution in [1.29, 1.82) is 0 Å². The van der Waals surface area contributed by atoms with E-state index in [1.54, 1.807) is 0 Å².